The molecule has 1 amide bonds. The fourth-order valence-electron chi connectivity index (χ4n) is 5.87. The number of halogens is 3. The summed E-state index contributed by atoms with van der Waals surface area (Å²) in [5, 5.41) is 3.19. The lowest BCUT2D eigenvalue weighted by atomic mass is 9.49. The molecule has 4 saturated carbocycles. The quantitative estimate of drug-likeness (QED) is 0.445. The highest BCUT2D eigenvalue weighted by atomic mass is 79.9. The van der Waals surface area contributed by atoms with E-state index in [0.29, 0.717) is 23.3 Å². The summed E-state index contributed by atoms with van der Waals surface area (Å²) in [6.45, 7) is 1.56. The molecule has 152 valence electrons. The number of anilines is 1. The van der Waals surface area contributed by atoms with Crippen molar-refractivity contribution in [3.63, 3.8) is 0 Å². The molecule has 4 bridgehead atoms. The molecule has 1 N–H and O–H groups in total. The van der Waals surface area contributed by atoms with E-state index in [9.17, 15) is 9.59 Å². The number of alkyl halides is 1. The molecule has 4 aliphatic carbocycles. The summed E-state index contributed by atoms with van der Waals surface area (Å²) in [5.74, 6) is 0.823. The summed E-state index contributed by atoms with van der Waals surface area (Å²) < 4.78 is 5.65. The highest BCUT2D eigenvalue weighted by Crippen LogP contribution is 2.65. The molecule has 4 fully saturated rings. The van der Waals surface area contributed by atoms with Gasteiger partial charge in [0, 0.05) is 10.5 Å². The number of rotatable bonds is 5. The van der Waals surface area contributed by atoms with Crippen LogP contribution in [0.5, 0.6) is 0 Å². The lowest BCUT2D eigenvalue weighted by molar-refractivity contribution is -0.159. The zero-order valence-corrected chi connectivity index (χ0v) is 18.7. The molecule has 1 heterocycles. The zero-order chi connectivity index (χ0) is 20.1. The van der Waals surface area contributed by atoms with Crippen LogP contribution in [0.15, 0.2) is 12.3 Å². The monoisotopic (exact) mass is 488 g/mol. The van der Waals surface area contributed by atoms with Gasteiger partial charge < -0.3 is 10.1 Å². The summed E-state index contributed by atoms with van der Waals surface area (Å²) in [7, 11) is 0. The van der Waals surface area contributed by atoms with Crippen molar-refractivity contribution in [2.75, 3.05) is 5.32 Å². The lowest BCUT2D eigenvalue weighted by Gasteiger charge is -2.60. The molecule has 4 aliphatic rings. The van der Waals surface area contributed by atoms with E-state index in [-0.39, 0.29) is 26.5 Å². The predicted molar refractivity (Wildman–Crippen MR) is 112 cm³/mol. The van der Waals surface area contributed by atoms with Gasteiger partial charge in [0.1, 0.15) is 0 Å². The van der Waals surface area contributed by atoms with Gasteiger partial charge in [0.15, 0.2) is 11.9 Å². The fourth-order valence-corrected chi connectivity index (χ4v) is 7.80. The number of aromatic nitrogens is 1. The SMILES string of the molecule is CC(OC(=O)CC12CC3CC(CC(Br)(C3)C1)C2)C(=O)Nc1ncc(Cl)cc1Cl. The Hall–Kier alpha value is -0.850. The van der Waals surface area contributed by atoms with Crippen molar-refractivity contribution in [1.82, 2.24) is 4.98 Å². The first kappa shape index (κ1) is 20.4. The van der Waals surface area contributed by atoms with Gasteiger partial charge in [-0.2, -0.15) is 0 Å². The van der Waals surface area contributed by atoms with Crippen molar-refractivity contribution < 1.29 is 14.3 Å². The number of nitrogens with zero attached hydrogens (tertiary/aromatic N) is 1. The number of esters is 1. The summed E-state index contributed by atoms with van der Waals surface area (Å²) in [6, 6.07) is 1.49. The Morgan fingerprint density at radius 1 is 1.32 bits per heavy atom. The number of pyridine rings is 1. The van der Waals surface area contributed by atoms with E-state index in [1.165, 1.54) is 31.5 Å². The number of ether oxygens (including phenoxy) is 1. The second kappa shape index (κ2) is 7.44. The molecule has 3 atom stereocenters. The van der Waals surface area contributed by atoms with Crippen molar-refractivity contribution in [3.8, 4) is 0 Å². The van der Waals surface area contributed by atoms with Gasteiger partial charge in [-0.05, 0) is 68.8 Å². The largest absolute Gasteiger partial charge is 0.453 e. The molecule has 0 aliphatic heterocycles. The van der Waals surface area contributed by atoms with Crippen LogP contribution in [0.25, 0.3) is 0 Å². The lowest BCUT2D eigenvalue weighted by Crippen LogP contribution is -2.53. The molecular weight excluding hydrogens is 467 g/mol. The number of nitrogens with one attached hydrogen (secondary N) is 1. The van der Waals surface area contributed by atoms with Crippen LogP contribution in [0.4, 0.5) is 5.82 Å². The van der Waals surface area contributed by atoms with Gasteiger partial charge in [-0.3, -0.25) is 9.59 Å². The second-order valence-corrected chi connectivity index (χ2v) is 11.4. The smallest absolute Gasteiger partial charge is 0.307 e. The van der Waals surface area contributed by atoms with Crippen LogP contribution in [0, 0.1) is 17.3 Å². The fraction of sp³-hybridized carbons (Fsp3) is 0.650. The molecule has 8 heteroatoms. The average Bonchev–Trinajstić information content (AvgIpc) is 2.54. The van der Waals surface area contributed by atoms with E-state index in [2.05, 4.69) is 26.2 Å². The van der Waals surface area contributed by atoms with E-state index in [1.54, 1.807) is 6.92 Å². The first-order valence-corrected chi connectivity index (χ1v) is 11.2. The van der Waals surface area contributed by atoms with Crippen LogP contribution >= 0.6 is 39.1 Å². The Bertz CT molecular complexity index is 805. The van der Waals surface area contributed by atoms with Crippen molar-refractivity contribution in [2.24, 2.45) is 17.3 Å². The summed E-state index contributed by atoms with van der Waals surface area (Å²) in [5.41, 5.74) is 0.0158. The zero-order valence-electron chi connectivity index (χ0n) is 15.6. The normalized spacial score (nSPS) is 34.1. The van der Waals surface area contributed by atoms with Crippen LogP contribution in [0.1, 0.15) is 51.9 Å². The van der Waals surface area contributed by atoms with Gasteiger partial charge in [0.25, 0.3) is 5.91 Å². The number of carbonyl (C=O) groups is 2. The number of hydrogen-bond acceptors (Lipinski definition) is 4. The van der Waals surface area contributed by atoms with E-state index in [1.807, 2.05) is 0 Å². The Balaban J connectivity index is 1.35. The van der Waals surface area contributed by atoms with Gasteiger partial charge in [-0.25, -0.2) is 4.98 Å². The van der Waals surface area contributed by atoms with Gasteiger partial charge in [0.05, 0.1) is 16.5 Å². The average molecular weight is 490 g/mol. The van der Waals surface area contributed by atoms with Crippen molar-refractivity contribution >= 4 is 56.8 Å². The Morgan fingerprint density at radius 2 is 2.00 bits per heavy atom. The second-order valence-electron chi connectivity index (χ2n) is 8.89. The Labute approximate surface area is 183 Å². The molecule has 0 radical (unpaired) electrons. The number of amides is 1. The first-order chi connectivity index (χ1) is 13.2. The van der Waals surface area contributed by atoms with Crippen molar-refractivity contribution in [3.05, 3.63) is 22.3 Å². The Kier molecular flexibility index (Phi) is 5.43. The summed E-state index contributed by atoms with van der Waals surface area (Å²) in [4.78, 5) is 29.0. The van der Waals surface area contributed by atoms with Crippen LogP contribution in [0.3, 0.4) is 0 Å². The molecule has 3 unspecified atom stereocenters. The highest BCUT2D eigenvalue weighted by Gasteiger charge is 2.57. The summed E-state index contributed by atoms with van der Waals surface area (Å²) in [6.07, 6.45) is 7.78. The van der Waals surface area contributed by atoms with E-state index >= 15 is 0 Å². The van der Waals surface area contributed by atoms with Gasteiger partial charge in [-0.15, -0.1) is 0 Å². The molecule has 0 spiro atoms. The molecule has 0 aromatic carbocycles. The maximum atomic E-state index is 12.6. The van der Waals surface area contributed by atoms with Crippen LogP contribution in [0.2, 0.25) is 10.0 Å². The topological polar surface area (TPSA) is 68.3 Å². The predicted octanol–water partition coefficient (Wildman–Crippen LogP) is 5.38. The molecule has 5 nitrogen and oxygen atoms in total. The molecule has 1 aromatic heterocycles. The number of carbonyl (C=O) groups excluding carboxylic acids is 2. The first-order valence-electron chi connectivity index (χ1n) is 9.66. The summed E-state index contributed by atoms with van der Waals surface area (Å²) >= 11 is 15.8. The highest BCUT2D eigenvalue weighted by molar-refractivity contribution is 9.10. The maximum absolute atomic E-state index is 12.6. The van der Waals surface area contributed by atoms with Crippen molar-refractivity contribution in [1.29, 1.82) is 0 Å². The maximum Gasteiger partial charge on any atom is 0.307 e. The molecule has 28 heavy (non-hydrogen) atoms. The minimum atomic E-state index is -0.923. The van der Waals surface area contributed by atoms with Gasteiger partial charge in [-0.1, -0.05) is 39.1 Å². The number of hydrogen-bond donors (Lipinski definition) is 1. The minimum Gasteiger partial charge on any atom is -0.453 e. The Morgan fingerprint density at radius 3 is 2.61 bits per heavy atom. The minimum absolute atomic E-state index is 0.0158. The standard InChI is InChI=1S/C20H23BrCl2N2O3/c1-11(18(27)25-17-15(23)3-14(22)9-24-17)28-16(26)8-19-4-12-2-13(5-19)7-20(21,6-12)10-19/h3,9,11-13H,2,4-8,10H2,1H3,(H,24,25,27). The van der Waals surface area contributed by atoms with Crippen LogP contribution in [-0.4, -0.2) is 27.3 Å². The van der Waals surface area contributed by atoms with Gasteiger partial charge >= 0.3 is 5.97 Å². The van der Waals surface area contributed by atoms with Crippen LogP contribution in [-0.2, 0) is 14.3 Å². The third-order valence-electron chi connectivity index (χ3n) is 6.36. The van der Waals surface area contributed by atoms with E-state index in [0.717, 1.165) is 19.3 Å². The van der Waals surface area contributed by atoms with Crippen LogP contribution < -0.4 is 5.32 Å². The van der Waals surface area contributed by atoms with E-state index in [4.69, 9.17) is 27.9 Å². The third-order valence-corrected chi connectivity index (χ3v) is 7.78. The van der Waals surface area contributed by atoms with Gasteiger partial charge in [0.2, 0.25) is 0 Å². The van der Waals surface area contributed by atoms with E-state index < -0.39 is 12.0 Å². The molecule has 1 aromatic rings. The molecule has 5 rings (SSSR count). The van der Waals surface area contributed by atoms with Crippen molar-refractivity contribution in [2.45, 2.75) is 62.3 Å². The molecular formula is C20H23BrCl2N2O3. The molecule has 0 saturated heterocycles. The third kappa shape index (κ3) is 4.19.